The van der Waals surface area contributed by atoms with Crippen molar-refractivity contribution >= 4 is 10.0 Å². The van der Waals surface area contributed by atoms with Gasteiger partial charge in [0.15, 0.2) is 5.76 Å². The predicted molar refractivity (Wildman–Crippen MR) is 109 cm³/mol. The Balaban J connectivity index is 1.67. The average Bonchev–Trinajstić information content (AvgIpc) is 3.38. The maximum atomic E-state index is 13.5. The van der Waals surface area contributed by atoms with Crippen LogP contribution < -0.4 is 0 Å². The normalized spacial score (nSPS) is 17.9. The molecule has 6 heteroatoms. The van der Waals surface area contributed by atoms with Gasteiger partial charge in [-0.2, -0.15) is 4.31 Å². The highest BCUT2D eigenvalue weighted by Gasteiger charge is 2.34. The van der Waals surface area contributed by atoms with E-state index in [9.17, 15) is 8.42 Å². The molecule has 1 saturated heterocycles. The van der Waals surface area contributed by atoms with Crippen molar-refractivity contribution in [3.05, 3.63) is 71.4 Å². The zero-order chi connectivity index (χ0) is 19.7. The first-order chi connectivity index (χ1) is 13.5. The zero-order valence-corrected chi connectivity index (χ0v) is 16.9. The number of hydrogen-bond donors (Lipinski definition) is 0. The van der Waals surface area contributed by atoms with Gasteiger partial charge in [0.2, 0.25) is 10.0 Å². The maximum Gasteiger partial charge on any atom is 0.243 e. The summed E-state index contributed by atoms with van der Waals surface area (Å²) >= 11 is 0. The molecule has 0 amide bonds. The molecule has 0 N–H and O–H groups in total. The van der Waals surface area contributed by atoms with Gasteiger partial charge in [0.25, 0.3) is 0 Å². The largest absolute Gasteiger partial charge is 0.356 e. The number of rotatable bonds is 5. The van der Waals surface area contributed by atoms with E-state index in [1.165, 1.54) is 5.56 Å². The summed E-state index contributed by atoms with van der Waals surface area (Å²) < 4.78 is 33.9. The lowest BCUT2D eigenvalue weighted by Crippen LogP contribution is -2.29. The molecule has 1 fully saturated rings. The summed E-state index contributed by atoms with van der Waals surface area (Å²) in [5, 5.41) is 3.91. The van der Waals surface area contributed by atoms with Gasteiger partial charge in [0, 0.05) is 24.7 Å². The van der Waals surface area contributed by atoms with E-state index >= 15 is 0 Å². The Labute approximate surface area is 166 Å². The SMILES string of the molecule is CCc1ccc(-c2cc(C)no2)cc1S(=O)(=O)N1CCC(c2ccccc2)C1. The summed E-state index contributed by atoms with van der Waals surface area (Å²) in [5.41, 5.74) is 3.52. The Bertz CT molecular complexity index is 1070. The highest BCUT2D eigenvalue weighted by Crippen LogP contribution is 2.34. The van der Waals surface area contributed by atoms with Gasteiger partial charge in [0.05, 0.1) is 10.6 Å². The molecular formula is C22H24N2O3S. The lowest BCUT2D eigenvalue weighted by molar-refractivity contribution is 0.427. The molecular weight excluding hydrogens is 372 g/mol. The molecule has 1 atom stereocenters. The molecule has 1 unspecified atom stereocenters. The Kier molecular flexibility index (Phi) is 5.08. The van der Waals surface area contributed by atoms with Crippen LogP contribution in [0.3, 0.4) is 0 Å². The third-order valence-corrected chi connectivity index (χ3v) is 7.35. The van der Waals surface area contributed by atoms with Crippen molar-refractivity contribution in [2.24, 2.45) is 0 Å². The molecule has 0 saturated carbocycles. The summed E-state index contributed by atoms with van der Waals surface area (Å²) in [6.45, 7) is 4.88. The Morgan fingerprint density at radius 3 is 2.61 bits per heavy atom. The Hall–Kier alpha value is -2.44. The molecule has 2 heterocycles. The number of nitrogens with zero attached hydrogens (tertiary/aromatic N) is 2. The molecule has 2 aromatic carbocycles. The van der Waals surface area contributed by atoms with E-state index in [1.54, 1.807) is 10.4 Å². The maximum absolute atomic E-state index is 13.5. The molecule has 0 spiro atoms. The summed E-state index contributed by atoms with van der Waals surface area (Å²) in [5.74, 6) is 0.821. The van der Waals surface area contributed by atoms with Crippen LogP contribution in [0.5, 0.6) is 0 Å². The van der Waals surface area contributed by atoms with Gasteiger partial charge in [-0.25, -0.2) is 8.42 Å². The second-order valence-electron chi connectivity index (χ2n) is 7.27. The molecule has 0 aliphatic carbocycles. The summed E-state index contributed by atoms with van der Waals surface area (Å²) in [6, 6.07) is 17.5. The molecule has 3 aromatic rings. The van der Waals surface area contributed by atoms with Crippen molar-refractivity contribution in [2.75, 3.05) is 13.1 Å². The number of hydrogen-bond acceptors (Lipinski definition) is 4. The lowest BCUT2D eigenvalue weighted by Gasteiger charge is -2.19. The molecule has 0 bridgehead atoms. The first-order valence-electron chi connectivity index (χ1n) is 9.60. The van der Waals surface area contributed by atoms with Crippen molar-refractivity contribution in [2.45, 2.75) is 37.5 Å². The van der Waals surface area contributed by atoms with E-state index in [-0.39, 0.29) is 5.92 Å². The van der Waals surface area contributed by atoms with Crippen molar-refractivity contribution < 1.29 is 12.9 Å². The third kappa shape index (κ3) is 3.50. The highest BCUT2D eigenvalue weighted by atomic mass is 32.2. The van der Waals surface area contributed by atoms with Crippen LogP contribution in [-0.4, -0.2) is 31.0 Å². The van der Waals surface area contributed by atoms with Gasteiger partial charge >= 0.3 is 0 Å². The number of sulfonamides is 1. The van der Waals surface area contributed by atoms with Gasteiger partial charge < -0.3 is 4.52 Å². The van der Waals surface area contributed by atoms with E-state index in [1.807, 2.05) is 50.2 Å². The van der Waals surface area contributed by atoms with Crippen molar-refractivity contribution in [1.29, 1.82) is 0 Å². The topological polar surface area (TPSA) is 63.4 Å². The first kappa shape index (κ1) is 18.9. The van der Waals surface area contributed by atoms with Gasteiger partial charge in [-0.3, -0.25) is 0 Å². The summed E-state index contributed by atoms with van der Waals surface area (Å²) in [6.07, 6.45) is 1.49. The summed E-state index contributed by atoms with van der Waals surface area (Å²) in [7, 11) is -3.57. The third-order valence-electron chi connectivity index (χ3n) is 5.40. The molecule has 146 valence electrons. The van der Waals surface area contributed by atoms with Gasteiger partial charge in [-0.05, 0) is 42.9 Å². The highest BCUT2D eigenvalue weighted by molar-refractivity contribution is 7.89. The van der Waals surface area contributed by atoms with E-state index in [0.717, 1.165) is 23.2 Å². The molecule has 1 aliphatic heterocycles. The van der Waals surface area contributed by atoms with E-state index in [4.69, 9.17) is 4.52 Å². The van der Waals surface area contributed by atoms with Gasteiger partial charge in [0.1, 0.15) is 0 Å². The van der Waals surface area contributed by atoms with E-state index in [2.05, 4.69) is 17.3 Å². The first-order valence-corrected chi connectivity index (χ1v) is 11.0. The minimum atomic E-state index is -3.57. The van der Waals surface area contributed by atoms with Crippen LogP contribution in [0.4, 0.5) is 0 Å². The molecule has 1 aromatic heterocycles. The summed E-state index contributed by atoms with van der Waals surface area (Å²) in [4.78, 5) is 0.371. The predicted octanol–water partition coefficient (Wildman–Crippen LogP) is 4.39. The number of aryl methyl sites for hydroxylation is 2. The molecule has 4 rings (SSSR count). The Morgan fingerprint density at radius 2 is 1.93 bits per heavy atom. The van der Waals surface area contributed by atoms with Crippen LogP contribution in [0.2, 0.25) is 0 Å². The van der Waals surface area contributed by atoms with Gasteiger partial charge in [-0.15, -0.1) is 0 Å². The number of aromatic nitrogens is 1. The molecule has 1 aliphatic rings. The quantitative estimate of drug-likeness (QED) is 0.642. The Morgan fingerprint density at radius 1 is 1.14 bits per heavy atom. The van der Waals surface area contributed by atoms with E-state index in [0.29, 0.717) is 30.2 Å². The van der Waals surface area contributed by atoms with Crippen LogP contribution in [-0.2, 0) is 16.4 Å². The minimum absolute atomic E-state index is 0.237. The fraction of sp³-hybridized carbons (Fsp3) is 0.318. The average molecular weight is 397 g/mol. The monoisotopic (exact) mass is 396 g/mol. The van der Waals surface area contributed by atoms with Crippen LogP contribution in [0.1, 0.15) is 36.1 Å². The van der Waals surface area contributed by atoms with Crippen LogP contribution in [0.25, 0.3) is 11.3 Å². The van der Waals surface area contributed by atoms with Gasteiger partial charge in [-0.1, -0.05) is 54.5 Å². The zero-order valence-electron chi connectivity index (χ0n) is 16.1. The van der Waals surface area contributed by atoms with Crippen molar-refractivity contribution in [3.63, 3.8) is 0 Å². The molecule has 0 radical (unpaired) electrons. The van der Waals surface area contributed by atoms with E-state index < -0.39 is 10.0 Å². The lowest BCUT2D eigenvalue weighted by atomic mass is 9.99. The standard InChI is InChI=1S/C22H24N2O3S/c1-3-17-9-10-19(21-13-16(2)23-27-21)14-22(17)28(25,26)24-12-11-20(15-24)18-7-5-4-6-8-18/h4-10,13-14,20H,3,11-12,15H2,1-2H3. The van der Waals surface area contributed by atoms with Crippen molar-refractivity contribution in [3.8, 4) is 11.3 Å². The molecule has 28 heavy (non-hydrogen) atoms. The minimum Gasteiger partial charge on any atom is -0.356 e. The number of benzene rings is 2. The fourth-order valence-corrected chi connectivity index (χ4v) is 5.64. The van der Waals surface area contributed by atoms with Crippen molar-refractivity contribution in [1.82, 2.24) is 9.46 Å². The smallest absolute Gasteiger partial charge is 0.243 e. The fourth-order valence-electron chi connectivity index (χ4n) is 3.82. The molecule has 5 nitrogen and oxygen atoms in total. The van der Waals surface area contributed by atoms with Crippen LogP contribution in [0, 0.1) is 6.92 Å². The second-order valence-corrected chi connectivity index (χ2v) is 9.17. The van der Waals surface area contributed by atoms with Crippen LogP contribution in [0.15, 0.2) is 64.0 Å². The second kappa shape index (κ2) is 7.53. The van der Waals surface area contributed by atoms with Crippen LogP contribution >= 0.6 is 0 Å².